The fourth-order valence-electron chi connectivity index (χ4n) is 4.89. The maximum Gasteiger partial charge on any atom is 0.356 e. The first-order valence-electron chi connectivity index (χ1n) is 13.0. The minimum atomic E-state index is -1.55. The van der Waals surface area contributed by atoms with E-state index in [1.165, 1.54) is 47.4 Å². The molecule has 39 heavy (non-hydrogen) atoms. The number of carbonyl (C=O) groups excluding carboxylic acids is 1. The molecule has 0 spiro atoms. The van der Waals surface area contributed by atoms with Crippen molar-refractivity contribution in [3.8, 4) is 0 Å². The highest BCUT2D eigenvalue weighted by molar-refractivity contribution is 5.83. The summed E-state index contributed by atoms with van der Waals surface area (Å²) in [5, 5.41) is 1.31. The fraction of sp³-hybridized carbons (Fsp3) is 0.258. The second-order valence-corrected chi connectivity index (χ2v) is 10.1. The summed E-state index contributed by atoms with van der Waals surface area (Å²) in [5.74, 6) is -0.153. The molecule has 0 radical (unpaired) electrons. The summed E-state index contributed by atoms with van der Waals surface area (Å²) in [6.45, 7) is 8.43. The van der Waals surface area contributed by atoms with Gasteiger partial charge >= 0.3 is 5.97 Å². The topological polar surface area (TPSA) is 84.6 Å². The number of carbonyl (C=O) groups is 1. The van der Waals surface area contributed by atoms with Crippen LogP contribution in [0.2, 0.25) is 0 Å². The van der Waals surface area contributed by atoms with Crippen LogP contribution in [0.15, 0.2) is 78.9 Å². The zero-order valence-corrected chi connectivity index (χ0v) is 22.6. The number of aryl methyl sites for hydroxylation is 1. The molecule has 0 saturated heterocycles. The lowest BCUT2D eigenvalue weighted by molar-refractivity contribution is -0.150. The van der Waals surface area contributed by atoms with Crippen LogP contribution in [0.25, 0.3) is 0 Å². The Hall–Kier alpha value is -4.30. The zero-order chi connectivity index (χ0) is 27.7. The van der Waals surface area contributed by atoms with Crippen LogP contribution in [0.4, 0.5) is 21.8 Å². The molecule has 0 fully saturated rings. The molecule has 5 rings (SSSR count). The van der Waals surface area contributed by atoms with E-state index in [9.17, 15) is 9.18 Å². The molecule has 1 aromatic heterocycles. The molecule has 2 atom stereocenters. The van der Waals surface area contributed by atoms with Crippen molar-refractivity contribution in [3.63, 3.8) is 0 Å². The maximum atomic E-state index is 13.5. The van der Waals surface area contributed by atoms with E-state index in [0.29, 0.717) is 11.3 Å². The third-order valence-corrected chi connectivity index (χ3v) is 7.43. The van der Waals surface area contributed by atoms with E-state index in [1.54, 1.807) is 12.1 Å². The highest BCUT2D eigenvalue weighted by Crippen LogP contribution is 2.36. The summed E-state index contributed by atoms with van der Waals surface area (Å²) < 4.78 is 13.5. The van der Waals surface area contributed by atoms with Crippen molar-refractivity contribution in [1.29, 1.82) is 0 Å². The molecule has 0 aliphatic carbocycles. The zero-order valence-electron chi connectivity index (χ0n) is 22.6. The molecule has 1 aliphatic heterocycles. The predicted molar refractivity (Wildman–Crippen MR) is 150 cm³/mol. The SMILES string of the molecule is Cc1nc(N(OC(=O)[C@](C)(N)c2ccc(F)cc2)c2ccccc2)nc(N2CCc3ccccc3C2C)c1C. The van der Waals surface area contributed by atoms with Crippen LogP contribution < -0.4 is 15.7 Å². The van der Waals surface area contributed by atoms with Gasteiger partial charge in [-0.1, -0.05) is 54.6 Å². The van der Waals surface area contributed by atoms with Crippen molar-refractivity contribution in [3.05, 3.63) is 113 Å². The molecule has 3 aromatic carbocycles. The molecule has 0 saturated carbocycles. The van der Waals surface area contributed by atoms with Gasteiger partial charge in [0.1, 0.15) is 17.2 Å². The van der Waals surface area contributed by atoms with E-state index in [-0.39, 0.29) is 12.0 Å². The number of halogens is 1. The summed E-state index contributed by atoms with van der Waals surface area (Å²) in [4.78, 5) is 31.3. The first-order valence-corrected chi connectivity index (χ1v) is 13.0. The molecule has 1 aliphatic rings. The molecule has 4 aromatic rings. The Morgan fingerprint density at radius 2 is 1.69 bits per heavy atom. The van der Waals surface area contributed by atoms with Crippen molar-refractivity contribution in [2.75, 3.05) is 16.5 Å². The Morgan fingerprint density at radius 3 is 2.41 bits per heavy atom. The molecule has 0 amide bonds. The summed E-state index contributed by atoms with van der Waals surface area (Å²) >= 11 is 0. The summed E-state index contributed by atoms with van der Waals surface area (Å²) in [6.07, 6.45) is 0.902. The Bertz CT molecular complexity index is 1490. The number of hydrogen-bond donors (Lipinski definition) is 1. The van der Waals surface area contributed by atoms with Crippen LogP contribution in [-0.2, 0) is 21.6 Å². The Kier molecular flexibility index (Phi) is 7.06. The first kappa shape index (κ1) is 26.3. The van der Waals surface area contributed by atoms with Crippen LogP contribution in [0.3, 0.4) is 0 Å². The van der Waals surface area contributed by atoms with Crippen molar-refractivity contribution in [2.45, 2.75) is 45.7 Å². The smallest absolute Gasteiger partial charge is 0.349 e. The van der Waals surface area contributed by atoms with Gasteiger partial charge in [-0.05, 0) is 75.1 Å². The lowest BCUT2D eigenvalue weighted by Gasteiger charge is -2.37. The number of aromatic nitrogens is 2. The fourth-order valence-corrected chi connectivity index (χ4v) is 4.89. The second-order valence-electron chi connectivity index (χ2n) is 10.1. The molecule has 200 valence electrons. The molecular formula is C31H32FN5O2. The lowest BCUT2D eigenvalue weighted by atomic mass is 9.93. The van der Waals surface area contributed by atoms with Gasteiger partial charge in [0.25, 0.3) is 5.95 Å². The Balaban J connectivity index is 1.54. The first-order chi connectivity index (χ1) is 18.7. The van der Waals surface area contributed by atoms with E-state index < -0.39 is 17.3 Å². The lowest BCUT2D eigenvalue weighted by Crippen LogP contribution is -2.45. The number of rotatable bonds is 6. The van der Waals surface area contributed by atoms with Gasteiger partial charge in [-0.15, -0.1) is 5.06 Å². The normalized spacial score (nSPS) is 16.3. The van der Waals surface area contributed by atoms with Crippen molar-refractivity contribution >= 4 is 23.4 Å². The van der Waals surface area contributed by atoms with Crippen molar-refractivity contribution < 1.29 is 14.0 Å². The van der Waals surface area contributed by atoms with Crippen molar-refractivity contribution in [2.24, 2.45) is 5.73 Å². The van der Waals surface area contributed by atoms with E-state index >= 15 is 0 Å². The van der Waals surface area contributed by atoms with E-state index in [2.05, 4.69) is 36.1 Å². The monoisotopic (exact) mass is 525 g/mol. The molecule has 0 bridgehead atoms. The van der Waals surface area contributed by atoms with E-state index in [0.717, 1.165) is 30.0 Å². The average Bonchev–Trinajstić information content (AvgIpc) is 2.94. The molecule has 1 unspecified atom stereocenters. The van der Waals surface area contributed by atoms with Crippen LogP contribution in [0, 0.1) is 19.7 Å². The summed E-state index contributed by atoms with van der Waals surface area (Å²) in [5.41, 5.74) is 10.2. The molecule has 2 heterocycles. The molecule has 2 N–H and O–H groups in total. The van der Waals surface area contributed by atoms with Crippen molar-refractivity contribution in [1.82, 2.24) is 9.97 Å². The van der Waals surface area contributed by atoms with E-state index in [4.69, 9.17) is 20.5 Å². The van der Waals surface area contributed by atoms with Gasteiger partial charge in [-0.25, -0.2) is 14.2 Å². The number of fused-ring (bicyclic) bond motifs is 1. The molecule has 8 heteroatoms. The minimum Gasteiger partial charge on any atom is -0.349 e. The summed E-state index contributed by atoms with van der Waals surface area (Å²) in [7, 11) is 0. The van der Waals surface area contributed by atoms with Gasteiger partial charge in [-0.3, -0.25) is 0 Å². The van der Waals surface area contributed by atoms with Gasteiger partial charge in [0, 0.05) is 17.8 Å². The quantitative estimate of drug-likeness (QED) is 0.317. The molecular weight excluding hydrogens is 493 g/mol. The molecule has 7 nitrogen and oxygen atoms in total. The van der Waals surface area contributed by atoms with Gasteiger partial charge in [0.05, 0.1) is 11.7 Å². The van der Waals surface area contributed by atoms with Crippen LogP contribution in [-0.4, -0.2) is 22.5 Å². The largest absolute Gasteiger partial charge is 0.356 e. The maximum absolute atomic E-state index is 13.5. The highest BCUT2D eigenvalue weighted by atomic mass is 19.1. The number of nitrogens with two attached hydrogens (primary N) is 1. The van der Waals surface area contributed by atoms with Gasteiger partial charge in [0.2, 0.25) is 0 Å². The van der Waals surface area contributed by atoms with Crippen LogP contribution in [0.5, 0.6) is 0 Å². The standard InChI is InChI=1S/C31H32FN5O2/c1-20-21(2)34-30(35-28(20)36-19-18-23-10-8-9-13-27(23)22(36)3)37(26-11-6-5-7-12-26)39-29(38)31(4,33)24-14-16-25(32)17-15-24/h5-17,22H,18-19,33H2,1-4H3/t22?,31-/m1/s1. The van der Waals surface area contributed by atoms with Gasteiger partial charge < -0.3 is 15.5 Å². The highest BCUT2D eigenvalue weighted by Gasteiger charge is 2.36. The van der Waals surface area contributed by atoms with Crippen LogP contribution in [0.1, 0.15) is 47.8 Å². The van der Waals surface area contributed by atoms with Crippen LogP contribution >= 0.6 is 0 Å². The van der Waals surface area contributed by atoms with Gasteiger partial charge in [0.15, 0.2) is 0 Å². The van der Waals surface area contributed by atoms with E-state index in [1.807, 2.05) is 32.0 Å². The Morgan fingerprint density at radius 1 is 1.03 bits per heavy atom. The summed E-state index contributed by atoms with van der Waals surface area (Å²) in [6, 6.07) is 23.2. The minimum absolute atomic E-state index is 0.106. The van der Waals surface area contributed by atoms with Gasteiger partial charge in [-0.2, -0.15) is 4.98 Å². The average molecular weight is 526 g/mol. The number of benzene rings is 3. The number of nitrogens with zero attached hydrogens (tertiary/aromatic N) is 4. The third kappa shape index (κ3) is 5.07. The second kappa shape index (κ2) is 10.5. The Labute approximate surface area is 228 Å². The number of para-hydroxylation sites is 1. The number of anilines is 3. The third-order valence-electron chi connectivity index (χ3n) is 7.43. The number of hydrogen-bond acceptors (Lipinski definition) is 7. The predicted octanol–water partition coefficient (Wildman–Crippen LogP) is 5.83.